The van der Waals surface area contributed by atoms with Crippen LogP contribution < -0.4 is 9.64 Å². The highest BCUT2D eigenvalue weighted by molar-refractivity contribution is 8.19. The van der Waals surface area contributed by atoms with Gasteiger partial charge in [0, 0.05) is 24.6 Å². The zero-order valence-corrected chi connectivity index (χ0v) is 21.7. The fourth-order valence-corrected chi connectivity index (χ4v) is 6.22. The van der Waals surface area contributed by atoms with Crippen LogP contribution in [0.3, 0.4) is 0 Å². The van der Waals surface area contributed by atoms with Crippen LogP contribution in [-0.4, -0.2) is 36.7 Å². The average Bonchev–Trinajstić information content (AvgIpc) is 3.40. The number of methoxy groups -OCH3 is 1. The third kappa shape index (κ3) is 4.85. The Morgan fingerprint density at radius 2 is 1.69 bits per heavy atom. The monoisotopic (exact) mass is 511 g/mol. The number of thioether (sulfide) groups is 2. The minimum Gasteiger partial charge on any atom is -0.497 e. The van der Waals surface area contributed by atoms with E-state index in [0.29, 0.717) is 16.6 Å². The van der Waals surface area contributed by atoms with Gasteiger partial charge in [0.25, 0.3) is 5.91 Å². The number of amidine groups is 1. The van der Waals surface area contributed by atoms with Gasteiger partial charge in [-0.15, -0.1) is 6.58 Å². The minimum absolute atomic E-state index is 0.0600. The highest BCUT2D eigenvalue weighted by atomic mass is 32.2. The Balaban J connectivity index is 1.41. The van der Waals surface area contributed by atoms with Crippen molar-refractivity contribution < 1.29 is 9.53 Å². The van der Waals surface area contributed by atoms with Crippen LogP contribution in [0.4, 0.5) is 11.4 Å². The lowest BCUT2D eigenvalue weighted by Gasteiger charge is -2.15. The number of carbonyl (C=O) groups is 1. The maximum Gasteiger partial charge on any atom is 0.269 e. The van der Waals surface area contributed by atoms with Crippen molar-refractivity contribution in [2.75, 3.05) is 25.6 Å². The Hall–Kier alpha value is -3.68. The van der Waals surface area contributed by atoms with Gasteiger partial charge in [0.2, 0.25) is 0 Å². The molecule has 3 aromatic carbocycles. The summed E-state index contributed by atoms with van der Waals surface area (Å²) in [6, 6.07) is 24.1. The summed E-state index contributed by atoms with van der Waals surface area (Å²) in [4.78, 5) is 23.7. The van der Waals surface area contributed by atoms with E-state index in [2.05, 4.69) is 30.9 Å². The van der Waals surface area contributed by atoms with E-state index in [0.717, 1.165) is 38.2 Å². The summed E-state index contributed by atoms with van der Waals surface area (Å²) in [7, 11) is 3.63. The first-order valence-corrected chi connectivity index (χ1v) is 13.1. The van der Waals surface area contributed by atoms with Crippen LogP contribution in [0.15, 0.2) is 105 Å². The fraction of sp³-hybridized carbons (Fsp3) is 0.103. The summed E-state index contributed by atoms with van der Waals surface area (Å²) in [5, 5.41) is 1.55. The second kappa shape index (κ2) is 10.5. The standard InChI is InChI=1S/C29H25N3O2S2/c1-4-18-32-27(33)26(28-31(2)24-19-23(34-3)16-17-25(24)35-28)36-29(32)30-22-14-12-21(13-15-22)11-10-20-8-6-5-7-9-20/h4-17,19H,1,18H2,2-3H3/b11-10-,28-26+,30-29?. The minimum atomic E-state index is -0.0600. The number of benzene rings is 3. The molecule has 0 bridgehead atoms. The molecule has 7 heteroatoms. The van der Waals surface area contributed by atoms with E-state index >= 15 is 0 Å². The normalized spacial score (nSPS) is 18.4. The molecule has 0 aliphatic carbocycles. The number of carbonyl (C=O) groups excluding carboxylic acids is 1. The molecule has 0 saturated carbocycles. The second-order valence-corrected chi connectivity index (χ2v) is 10.2. The van der Waals surface area contributed by atoms with Crippen LogP contribution in [0.2, 0.25) is 0 Å². The maximum atomic E-state index is 13.4. The van der Waals surface area contributed by atoms with E-state index in [1.165, 1.54) is 11.8 Å². The second-order valence-electron chi connectivity index (χ2n) is 8.17. The quantitative estimate of drug-likeness (QED) is 0.202. The molecule has 0 N–H and O–H groups in total. The summed E-state index contributed by atoms with van der Waals surface area (Å²) in [5.74, 6) is 0.727. The lowest BCUT2D eigenvalue weighted by Crippen LogP contribution is -2.29. The SMILES string of the molecule is C=CCN1C(=O)/C(=C2\Sc3ccc(OC)cc3N2C)SC1=Nc1ccc(/C=C\c2ccccc2)cc1. The number of aliphatic imine (C=N–C) groups is 1. The Labute approximate surface area is 219 Å². The van der Waals surface area contributed by atoms with Crippen LogP contribution in [0, 0.1) is 0 Å². The molecule has 180 valence electrons. The third-order valence-electron chi connectivity index (χ3n) is 5.79. The summed E-state index contributed by atoms with van der Waals surface area (Å²) in [6.45, 7) is 4.23. The molecule has 0 spiro atoms. The number of hydrogen-bond acceptors (Lipinski definition) is 6. The molecule has 0 unspecified atom stereocenters. The summed E-state index contributed by atoms with van der Waals surface area (Å²) < 4.78 is 5.38. The van der Waals surface area contributed by atoms with Gasteiger partial charge in [-0.2, -0.15) is 0 Å². The van der Waals surface area contributed by atoms with Gasteiger partial charge >= 0.3 is 0 Å². The van der Waals surface area contributed by atoms with E-state index < -0.39 is 0 Å². The number of anilines is 1. The highest BCUT2D eigenvalue weighted by Gasteiger charge is 2.38. The first-order chi connectivity index (χ1) is 17.6. The van der Waals surface area contributed by atoms with Crippen molar-refractivity contribution in [1.82, 2.24) is 4.90 Å². The molecule has 1 fully saturated rings. The molecule has 0 atom stereocenters. The number of rotatable bonds is 6. The van der Waals surface area contributed by atoms with Crippen LogP contribution in [0.25, 0.3) is 12.2 Å². The van der Waals surface area contributed by atoms with Gasteiger partial charge in [0.15, 0.2) is 5.17 Å². The van der Waals surface area contributed by atoms with Crippen molar-refractivity contribution in [3.8, 4) is 5.75 Å². The van der Waals surface area contributed by atoms with Crippen molar-refractivity contribution in [2.45, 2.75) is 4.90 Å². The molecular formula is C29H25N3O2S2. The van der Waals surface area contributed by atoms with E-state index in [4.69, 9.17) is 9.73 Å². The fourth-order valence-electron chi connectivity index (χ4n) is 3.89. The smallest absolute Gasteiger partial charge is 0.269 e. The predicted molar refractivity (Wildman–Crippen MR) is 153 cm³/mol. The van der Waals surface area contributed by atoms with Gasteiger partial charge in [0.05, 0.1) is 23.5 Å². The number of hydrogen-bond donors (Lipinski definition) is 0. The van der Waals surface area contributed by atoms with Gasteiger partial charge in [-0.1, -0.05) is 72.5 Å². The van der Waals surface area contributed by atoms with Gasteiger partial charge in [-0.3, -0.25) is 9.69 Å². The van der Waals surface area contributed by atoms with Gasteiger partial charge in [-0.05, 0) is 47.2 Å². The molecule has 5 rings (SSSR count). The number of fused-ring (bicyclic) bond motifs is 1. The molecule has 1 amide bonds. The van der Waals surface area contributed by atoms with E-state index in [9.17, 15) is 4.79 Å². The first-order valence-electron chi connectivity index (χ1n) is 11.4. The third-order valence-corrected chi connectivity index (χ3v) is 8.23. The zero-order chi connectivity index (χ0) is 25.1. The average molecular weight is 512 g/mol. The number of nitrogens with zero attached hydrogens (tertiary/aromatic N) is 3. The van der Waals surface area contributed by atoms with Gasteiger partial charge in [-0.25, -0.2) is 4.99 Å². The lowest BCUT2D eigenvalue weighted by molar-refractivity contribution is -0.121. The number of ether oxygens (including phenoxy) is 1. The molecule has 0 radical (unpaired) electrons. The summed E-state index contributed by atoms with van der Waals surface area (Å²) in [5.41, 5.74) is 4.05. The van der Waals surface area contributed by atoms with Crippen molar-refractivity contribution in [3.63, 3.8) is 0 Å². The van der Waals surface area contributed by atoms with Crippen LogP contribution in [-0.2, 0) is 4.79 Å². The number of amides is 1. The topological polar surface area (TPSA) is 45.1 Å². The lowest BCUT2D eigenvalue weighted by atomic mass is 10.1. The van der Waals surface area contributed by atoms with Crippen molar-refractivity contribution in [1.29, 1.82) is 0 Å². The molecule has 5 nitrogen and oxygen atoms in total. The molecular weight excluding hydrogens is 486 g/mol. The van der Waals surface area contributed by atoms with Gasteiger partial charge < -0.3 is 9.64 Å². The Bertz CT molecular complexity index is 1400. The largest absolute Gasteiger partial charge is 0.497 e. The summed E-state index contributed by atoms with van der Waals surface area (Å²) in [6.07, 6.45) is 5.89. The van der Waals surface area contributed by atoms with Crippen LogP contribution in [0.1, 0.15) is 11.1 Å². The Morgan fingerprint density at radius 1 is 0.972 bits per heavy atom. The highest BCUT2D eigenvalue weighted by Crippen LogP contribution is 2.51. The van der Waals surface area contributed by atoms with Gasteiger partial charge in [0.1, 0.15) is 10.7 Å². The molecule has 3 aromatic rings. The molecule has 2 aliphatic rings. The van der Waals surface area contributed by atoms with E-state index in [1.54, 1.807) is 29.8 Å². The molecule has 2 heterocycles. The summed E-state index contributed by atoms with van der Waals surface area (Å²) >= 11 is 3.00. The maximum absolute atomic E-state index is 13.4. The van der Waals surface area contributed by atoms with E-state index in [-0.39, 0.29) is 5.91 Å². The van der Waals surface area contributed by atoms with Crippen molar-refractivity contribution >= 4 is 58.1 Å². The molecule has 1 saturated heterocycles. The Kier molecular flexibility index (Phi) is 7.02. The Morgan fingerprint density at radius 3 is 2.39 bits per heavy atom. The predicted octanol–water partition coefficient (Wildman–Crippen LogP) is 7.03. The van der Waals surface area contributed by atoms with Crippen LogP contribution in [0.5, 0.6) is 5.75 Å². The van der Waals surface area contributed by atoms with Crippen molar-refractivity contribution in [3.05, 3.63) is 107 Å². The zero-order valence-electron chi connectivity index (χ0n) is 20.0. The first kappa shape index (κ1) is 24.0. The van der Waals surface area contributed by atoms with Crippen LogP contribution >= 0.6 is 23.5 Å². The van der Waals surface area contributed by atoms with E-state index in [1.807, 2.05) is 72.6 Å². The molecule has 36 heavy (non-hydrogen) atoms. The molecule has 0 aromatic heterocycles. The van der Waals surface area contributed by atoms with Crippen molar-refractivity contribution in [2.24, 2.45) is 4.99 Å². The molecule has 2 aliphatic heterocycles.